The fourth-order valence-corrected chi connectivity index (χ4v) is 6.13. The second-order valence-corrected chi connectivity index (χ2v) is 11.8. The number of amides is 1. The molecule has 0 aliphatic carbocycles. The van der Waals surface area contributed by atoms with Gasteiger partial charge in [-0.15, -0.1) is 10.2 Å². The van der Waals surface area contributed by atoms with E-state index in [1.807, 2.05) is 13.8 Å². The summed E-state index contributed by atoms with van der Waals surface area (Å²) < 4.78 is 39.9. The van der Waals surface area contributed by atoms with Crippen molar-refractivity contribution in [2.24, 2.45) is 0 Å². The van der Waals surface area contributed by atoms with Crippen LogP contribution in [0.4, 0.5) is 5.13 Å². The molecular formula is C21H20Cl2N4O5S2. The number of aromatic nitrogens is 2. The molecule has 2 aromatic carbocycles. The lowest BCUT2D eigenvalue weighted by molar-refractivity contribution is 0.0700. The minimum atomic E-state index is -4.06. The van der Waals surface area contributed by atoms with E-state index in [0.29, 0.717) is 28.5 Å². The first-order valence-corrected chi connectivity index (χ1v) is 13.0. The summed E-state index contributed by atoms with van der Waals surface area (Å²) in [4.78, 5) is 12.5. The van der Waals surface area contributed by atoms with Crippen molar-refractivity contribution >= 4 is 55.6 Å². The number of hydrogen-bond donors (Lipinski definition) is 2. The number of rotatable bonds is 6. The number of ether oxygens (including phenoxy) is 2. The maximum Gasteiger partial charge on any atom is 0.270 e. The summed E-state index contributed by atoms with van der Waals surface area (Å²) in [5.41, 5.74) is 0.212. The minimum absolute atomic E-state index is 0.00534. The monoisotopic (exact) mass is 542 g/mol. The zero-order valence-electron chi connectivity index (χ0n) is 18.3. The molecule has 1 aromatic heterocycles. The Morgan fingerprint density at radius 2 is 1.97 bits per heavy atom. The van der Waals surface area contributed by atoms with Crippen molar-refractivity contribution in [3.05, 3.63) is 57.6 Å². The number of halogens is 2. The van der Waals surface area contributed by atoms with Crippen LogP contribution in [0.1, 0.15) is 42.2 Å². The number of sulfonamides is 1. The maximum absolute atomic E-state index is 13.1. The van der Waals surface area contributed by atoms with Crippen LogP contribution in [-0.4, -0.2) is 37.2 Å². The highest BCUT2D eigenvalue weighted by Gasteiger charge is 2.37. The Morgan fingerprint density at radius 1 is 1.21 bits per heavy atom. The highest BCUT2D eigenvalue weighted by Crippen LogP contribution is 2.42. The van der Waals surface area contributed by atoms with Crippen molar-refractivity contribution in [3.8, 4) is 11.5 Å². The van der Waals surface area contributed by atoms with E-state index >= 15 is 0 Å². The molecule has 0 saturated heterocycles. The number of anilines is 1. The van der Waals surface area contributed by atoms with Gasteiger partial charge in [-0.1, -0.05) is 34.5 Å². The first-order valence-electron chi connectivity index (χ1n) is 9.96. The number of nitrogens with zero attached hydrogens (tertiary/aromatic N) is 2. The minimum Gasteiger partial charge on any atom is -0.497 e. The molecule has 0 bridgehead atoms. The van der Waals surface area contributed by atoms with Crippen LogP contribution in [0.2, 0.25) is 10.0 Å². The molecule has 2 heterocycles. The summed E-state index contributed by atoms with van der Waals surface area (Å²) in [6.07, 6.45) is 0.379. The quantitative estimate of drug-likeness (QED) is 0.433. The molecule has 1 amide bonds. The molecule has 1 atom stereocenters. The highest BCUT2D eigenvalue weighted by molar-refractivity contribution is 7.91. The molecule has 34 heavy (non-hydrogen) atoms. The summed E-state index contributed by atoms with van der Waals surface area (Å²) in [7, 11) is -2.53. The number of nitrogens with one attached hydrogen (secondary N) is 2. The van der Waals surface area contributed by atoms with E-state index in [9.17, 15) is 13.2 Å². The number of hydrogen-bond acceptors (Lipinski definition) is 8. The van der Waals surface area contributed by atoms with Crippen LogP contribution in [-0.2, 0) is 10.0 Å². The van der Waals surface area contributed by atoms with Crippen LogP contribution in [0, 0.1) is 0 Å². The fraction of sp³-hybridized carbons (Fsp3) is 0.286. The maximum atomic E-state index is 13.1. The van der Waals surface area contributed by atoms with Gasteiger partial charge in [0.2, 0.25) is 9.47 Å². The Kier molecular flexibility index (Phi) is 6.76. The van der Waals surface area contributed by atoms with Gasteiger partial charge in [-0.05, 0) is 50.2 Å². The van der Waals surface area contributed by atoms with Gasteiger partial charge in [0.05, 0.1) is 23.7 Å². The van der Waals surface area contributed by atoms with Crippen molar-refractivity contribution in [2.45, 2.75) is 36.3 Å². The van der Waals surface area contributed by atoms with Crippen LogP contribution in [0.3, 0.4) is 0 Å². The molecular weight excluding hydrogens is 523 g/mol. The number of fused-ring (bicyclic) bond motifs is 1. The molecule has 13 heteroatoms. The molecule has 0 saturated carbocycles. The summed E-state index contributed by atoms with van der Waals surface area (Å²) in [5, 5.41) is 10.6. The van der Waals surface area contributed by atoms with Gasteiger partial charge in [-0.2, -0.15) is 0 Å². The number of methoxy groups -OCH3 is 1. The second-order valence-electron chi connectivity index (χ2n) is 8.09. The SMILES string of the molecule is COc1ccc2c(c1)[C@H](NS(=O)(=O)c1nnc(NC(=O)c3ccc(Cl)cc3Cl)s1)CC(C)(C)O2. The average molecular weight is 543 g/mol. The lowest BCUT2D eigenvalue weighted by Gasteiger charge is -2.37. The Balaban J connectivity index is 1.55. The van der Waals surface area contributed by atoms with E-state index in [1.165, 1.54) is 25.3 Å². The third-order valence-electron chi connectivity index (χ3n) is 5.00. The topological polar surface area (TPSA) is 120 Å². The number of carbonyl (C=O) groups excluding carboxylic acids is 1. The summed E-state index contributed by atoms with van der Waals surface area (Å²) in [6.45, 7) is 3.75. The van der Waals surface area contributed by atoms with Crippen molar-refractivity contribution in [3.63, 3.8) is 0 Å². The molecule has 9 nitrogen and oxygen atoms in total. The summed E-state index contributed by atoms with van der Waals surface area (Å²) in [5.74, 6) is 0.574. The van der Waals surface area contributed by atoms with Crippen molar-refractivity contribution < 1.29 is 22.7 Å². The van der Waals surface area contributed by atoms with Gasteiger partial charge < -0.3 is 9.47 Å². The van der Waals surface area contributed by atoms with E-state index < -0.39 is 27.6 Å². The smallest absolute Gasteiger partial charge is 0.270 e. The second kappa shape index (κ2) is 9.31. The lowest BCUT2D eigenvalue weighted by Crippen LogP contribution is -2.41. The molecule has 0 unspecified atom stereocenters. The Bertz CT molecular complexity index is 1360. The lowest BCUT2D eigenvalue weighted by atomic mass is 9.90. The number of carbonyl (C=O) groups is 1. The predicted molar refractivity (Wildman–Crippen MR) is 130 cm³/mol. The van der Waals surface area contributed by atoms with Crippen molar-refractivity contribution in [1.82, 2.24) is 14.9 Å². The van der Waals surface area contributed by atoms with Crippen LogP contribution < -0.4 is 19.5 Å². The number of benzene rings is 2. The normalized spacial score (nSPS) is 16.9. The van der Waals surface area contributed by atoms with Gasteiger partial charge in [-0.25, -0.2) is 13.1 Å². The third-order valence-corrected chi connectivity index (χ3v) is 8.23. The molecule has 2 N–H and O–H groups in total. The molecule has 4 rings (SSSR count). The predicted octanol–water partition coefficient (Wildman–Crippen LogP) is 4.69. The van der Waals surface area contributed by atoms with Crippen LogP contribution in [0.25, 0.3) is 0 Å². The molecule has 180 valence electrons. The Hall–Kier alpha value is -2.44. The summed E-state index contributed by atoms with van der Waals surface area (Å²) >= 11 is 12.6. The molecule has 0 spiro atoms. The summed E-state index contributed by atoms with van der Waals surface area (Å²) in [6, 6.07) is 9.05. The highest BCUT2D eigenvalue weighted by atomic mass is 35.5. The van der Waals surface area contributed by atoms with E-state index in [4.69, 9.17) is 32.7 Å². The van der Waals surface area contributed by atoms with E-state index in [-0.39, 0.29) is 20.1 Å². The first kappa shape index (κ1) is 24.7. The molecule has 0 fully saturated rings. The van der Waals surface area contributed by atoms with Crippen LogP contribution in [0.15, 0.2) is 40.7 Å². The van der Waals surface area contributed by atoms with E-state index in [0.717, 1.165) is 11.3 Å². The Morgan fingerprint density at radius 3 is 2.68 bits per heavy atom. The van der Waals surface area contributed by atoms with Crippen LogP contribution >= 0.6 is 34.5 Å². The molecule has 3 aromatic rings. The van der Waals surface area contributed by atoms with Gasteiger partial charge in [0.1, 0.15) is 17.1 Å². The largest absolute Gasteiger partial charge is 0.497 e. The van der Waals surface area contributed by atoms with Crippen molar-refractivity contribution in [1.29, 1.82) is 0 Å². The van der Waals surface area contributed by atoms with Crippen LogP contribution in [0.5, 0.6) is 11.5 Å². The molecule has 0 radical (unpaired) electrons. The zero-order chi connectivity index (χ0) is 24.7. The van der Waals surface area contributed by atoms with Gasteiger partial charge in [-0.3, -0.25) is 10.1 Å². The molecule has 1 aliphatic heterocycles. The fourth-order valence-electron chi connectivity index (χ4n) is 3.51. The Labute approximate surface area is 210 Å². The van der Waals surface area contributed by atoms with Gasteiger partial charge in [0.15, 0.2) is 0 Å². The standard InChI is InChI=1S/C21H20Cl2N4O5S2/c1-21(2)10-16(14-9-12(31-3)5-7-17(14)32-21)27-34(29,30)20-26-25-19(33-20)24-18(28)13-6-4-11(22)8-15(13)23/h4-9,16,27H,10H2,1-3H3,(H,24,25,28)/t16-/m1/s1. The van der Waals surface area contributed by atoms with Gasteiger partial charge >= 0.3 is 0 Å². The zero-order valence-corrected chi connectivity index (χ0v) is 21.4. The third kappa shape index (κ3) is 5.28. The molecule has 1 aliphatic rings. The van der Waals surface area contributed by atoms with Gasteiger partial charge in [0.25, 0.3) is 15.9 Å². The van der Waals surface area contributed by atoms with Gasteiger partial charge in [0, 0.05) is 17.0 Å². The first-order chi connectivity index (χ1) is 16.0. The van der Waals surface area contributed by atoms with Crippen molar-refractivity contribution in [2.75, 3.05) is 12.4 Å². The average Bonchev–Trinajstić information content (AvgIpc) is 3.22. The van der Waals surface area contributed by atoms with E-state index in [1.54, 1.807) is 18.2 Å². The van der Waals surface area contributed by atoms with E-state index in [2.05, 4.69) is 20.2 Å².